The van der Waals surface area contributed by atoms with Crippen LogP contribution in [0.25, 0.3) is 97.4 Å². The molecule has 3 heteroatoms. The number of thiophene rings is 1. The Morgan fingerprint density at radius 2 is 0.882 bits per heavy atom. The standard InChI is InChI=1S/C48H30N2S/c1-2-10-31(11-3-1)32-18-22-35(23-19-32)49-43-15-7-4-12-37(43)40-28-33(20-25-45(40)49)34-21-26-46-41(29-34)38-13-5-8-16-44(38)50(46)36-24-27-48-42(30-36)39-14-6-9-17-47(39)51-48/h1-30H/i4D,5D,6D,7D,8D,9D,12D,13D,14D,15D,16D,17D,20D,21D,24D,25D,26D,27D,28D,29D,30D. The molecule has 3 aromatic heterocycles. The van der Waals surface area contributed by atoms with Gasteiger partial charge in [-0.2, -0.15) is 0 Å². The average Bonchev–Trinajstić information content (AvgIpc) is 4.07. The van der Waals surface area contributed by atoms with Crippen LogP contribution in [0.5, 0.6) is 0 Å². The fourth-order valence-corrected chi connectivity index (χ4v) is 7.52. The van der Waals surface area contributed by atoms with Crippen LogP contribution in [-0.2, 0) is 0 Å². The van der Waals surface area contributed by atoms with Crippen LogP contribution >= 0.6 is 11.3 Å². The van der Waals surface area contributed by atoms with E-state index in [2.05, 4.69) is 0 Å². The highest BCUT2D eigenvalue weighted by atomic mass is 32.1. The largest absolute Gasteiger partial charge is 0.309 e. The highest BCUT2D eigenvalue weighted by molar-refractivity contribution is 7.25. The van der Waals surface area contributed by atoms with Gasteiger partial charge in [0.1, 0.15) is 0 Å². The zero-order chi connectivity index (χ0) is 51.7. The molecule has 0 amide bonds. The van der Waals surface area contributed by atoms with Gasteiger partial charge in [-0.1, -0.05) is 109 Å². The first-order valence-electron chi connectivity index (χ1n) is 26.2. The van der Waals surface area contributed by atoms with Crippen LogP contribution in [-0.4, -0.2) is 9.13 Å². The molecule has 0 aliphatic heterocycles. The van der Waals surface area contributed by atoms with Crippen LogP contribution in [0, 0.1) is 0 Å². The molecule has 238 valence electrons. The van der Waals surface area contributed by atoms with Crippen molar-refractivity contribution in [3.8, 4) is 33.6 Å². The van der Waals surface area contributed by atoms with E-state index >= 15 is 0 Å². The second-order valence-corrected chi connectivity index (χ2v) is 12.7. The Balaban J connectivity index is 1.29. The maximum atomic E-state index is 9.89. The highest BCUT2D eigenvalue weighted by Crippen LogP contribution is 2.40. The Hall–Kier alpha value is -6.42. The topological polar surface area (TPSA) is 9.86 Å². The van der Waals surface area contributed by atoms with E-state index in [1.54, 1.807) is 24.3 Å². The number of hydrogen-bond donors (Lipinski definition) is 0. The summed E-state index contributed by atoms with van der Waals surface area (Å²) in [5, 5.41) is -1.69. The van der Waals surface area contributed by atoms with Crippen LogP contribution in [0.1, 0.15) is 28.8 Å². The van der Waals surface area contributed by atoms with Gasteiger partial charge < -0.3 is 9.13 Å². The number of hydrogen-bond acceptors (Lipinski definition) is 1. The van der Waals surface area contributed by atoms with Gasteiger partial charge in [0, 0.05) is 53.1 Å². The summed E-state index contributed by atoms with van der Waals surface area (Å²) in [5.74, 6) is 0. The third kappa shape index (κ3) is 4.35. The lowest BCUT2D eigenvalue weighted by atomic mass is 10.0. The molecular formula is C48H30N2S. The molecule has 0 N–H and O–H groups in total. The van der Waals surface area contributed by atoms with Crippen LogP contribution in [0.3, 0.4) is 0 Å². The Bertz CT molecular complexity index is 4330. The van der Waals surface area contributed by atoms with E-state index in [4.69, 9.17) is 15.1 Å². The molecule has 0 bridgehead atoms. The Labute approximate surface area is 328 Å². The molecule has 11 aromatic rings. The predicted molar refractivity (Wildman–Crippen MR) is 219 cm³/mol. The molecule has 0 atom stereocenters. The molecule has 0 fully saturated rings. The molecule has 0 aliphatic carbocycles. The SMILES string of the molecule is [2H]c1c([2H])c([2H])c2c(sc3c([2H])c([2H])c(-n4c5c([2H])c([2H])c([2H])c([2H])c5c5c([2H])c(-c6c([2H])c([2H])c7c(c6[2H])c6c([2H])c([2H])c([2H])c([2H])c6n7-c6ccc(-c7ccccc7)cc6)c([2H])c([2H])c54)c([2H])c32)c1[2H]. The number of aromatic nitrogens is 2. The fourth-order valence-electron chi connectivity index (χ4n) is 6.60. The average molecular weight is 688 g/mol. The van der Waals surface area contributed by atoms with Gasteiger partial charge in [0.2, 0.25) is 0 Å². The van der Waals surface area contributed by atoms with Gasteiger partial charge in [-0.3, -0.25) is 0 Å². The van der Waals surface area contributed by atoms with E-state index in [9.17, 15) is 13.7 Å². The lowest BCUT2D eigenvalue weighted by Gasteiger charge is -2.10. The molecule has 2 nitrogen and oxygen atoms in total. The third-order valence-electron chi connectivity index (χ3n) is 8.89. The molecular weight excluding hydrogens is 637 g/mol. The molecule has 0 unspecified atom stereocenters. The van der Waals surface area contributed by atoms with E-state index in [1.807, 2.05) is 30.3 Å². The van der Waals surface area contributed by atoms with Gasteiger partial charge in [-0.05, 0) is 94.8 Å². The van der Waals surface area contributed by atoms with E-state index in [-0.39, 0.29) is 42.0 Å². The minimum Gasteiger partial charge on any atom is -0.309 e. The summed E-state index contributed by atoms with van der Waals surface area (Å²) in [7, 11) is 0. The van der Waals surface area contributed by atoms with Crippen LogP contribution in [0.2, 0.25) is 0 Å². The van der Waals surface area contributed by atoms with Crippen molar-refractivity contribution in [3.63, 3.8) is 0 Å². The molecule has 11 rings (SSSR count). The molecule has 0 aliphatic rings. The molecule has 0 saturated heterocycles. The van der Waals surface area contributed by atoms with Crippen molar-refractivity contribution in [2.45, 2.75) is 0 Å². The van der Waals surface area contributed by atoms with Gasteiger partial charge in [0.25, 0.3) is 0 Å². The second kappa shape index (κ2) is 11.0. The van der Waals surface area contributed by atoms with Crippen LogP contribution in [0.4, 0.5) is 0 Å². The van der Waals surface area contributed by atoms with Crippen molar-refractivity contribution in [3.05, 3.63) is 181 Å². The van der Waals surface area contributed by atoms with Gasteiger partial charge in [-0.15, -0.1) is 11.3 Å². The Morgan fingerprint density at radius 1 is 0.353 bits per heavy atom. The molecule has 51 heavy (non-hydrogen) atoms. The van der Waals surface area contributed by atoms with Gasteiger partial charge >= 0.3 is 0 Å². The van der Waals surface area contributed by atoms with Gasteiger partial charge in [0.05, 0.1) is 50.9 Å². The number of fused-ring (bicyclic) bond motifs is 9. The lowest BCUT2D eigenvalue weighted by Crippen LogP contribution is -1.94. The van der Waals surface area contributed by atoms with Crippen molar-refractivity contribution in [2.24, 2.45) is 0 Å². The van der Waals surface area contributed by atoms with Crippen LogP contribution in [0.15, 0.2) is 181 Å². The third-order valence-corrected chi connectivity index (χ3v) is 9.91. The van der Waals surface area contributed by atoms with E-state index < -0.39 is 166 Å². The molecule has 8 aromatic carbocycles. The number of para-hydroxylation sites is 2. The normalized spacial score (nSPS) is 17.7. The second-order valence-electron chi connectivity index (χ2n) is 11.7. The molecule has 0 saturated carbocycles. The number of benzene rings is 8. The molecule has 0 radical (unpaired) electrons. The van der Waals surface area contributed by atoms with Gasteiger partial charge in [-0.25, -0.2) is 0 Å². The summed E-state index contributed by atoms with van der Waals surface area (Å²) in [6, 6.07) is 2.09. The summed E-state index contributed by atoms with van der Waals surface area (Å²) in [6.07, 6.45) is 0. The van der Waals surface area contributed by atoms with Crippen molar-refractivity contribution < 1.29 is 28.8 Å². The van der Waals surface area contributed by atoms with Crippen molar-refractivity contribution in [2.75, 3.05) is 0 Å². The predicted octanol–water partition coefficient (Wildman–Crippen LogP) is 13.6. The minimum atomic E-state index is -0.866. The maximum absolute atomic E-state index is 9.89. The fraction of sp³-hybridized carbons (Fsp3) is 0. The Kier molecular flexibility index (Phi) is 3.21. The van der Waals surface area contributed by atoms with Gasteiger partial charge in [0.15, 0.2) is 0 Å². The van der Waals surface area contributed by atoms with E-state index in [0.717, 1.165) is 27.0 Å². The summed E-state index contributed by atoms with van der Waals surface area (Å²) >= 11 is 0.758. The van der Waals surface area contributed by atoms with Crippen LogP contribution < -0.4 is 0 Å². The lowest BCUT2D eigenvalue weighted by molar-refractivity contribution is 1.18. The highest BCUT2D eigenvalue weighted by Gasteiger charge is 2.17. The van der Waals surface area contributed by atoms with E-state index in [0.29, 0.717) is 5.69 Å². The van der Waals surface area contributed by atoms with Crippen molar-refractivity contribution in [1.82, 2.24) is 9.13 Å². The minimum absolute atomic E-state index is 0.0193. The first-order valence-corrected chi connectivity index (χ1v) is 16.5. The first kappa shape index (κ1) is 14.8. The quantitative estimate of drug-likeness (QED) is 0.174. The number of nitrogens with zero attached hydrogens (tertiary/aromatic N) is 2. The molecule has 0 spiro atoms. The zero-order valence-corrected chi connectivity index (χ0v) is 26.8. The summed E-state index contributed by atoms with van der Waals surface area (Å²) in [4.78, 5) is 0. The summed E-state index contributed by atoms with van der Waals surface area (Å²) in [6.45, 7) is 0. The molecule has 3 heterocycles. The van der Waals surface area contributed by atoms with Crippen molar-refractivity contribution in [1.29, 1.82) is 0 Å². The summed E-state index contributed by atoms with van der Waals surface area (Å²) < 4.78 is 194. The number of rotatable bonds is 4. The maximum Gasteiger partial charge on any atom is 0.0652 e. The summed E-state index contributed by atoms with van der Waals surface area (Å²) in [5.41, 5.74) is -1.08. The smallest absolute Gasteiger partial charge is 0.0652 e. The monoisotopic (exact) mass is 687 g/mol. The Morgan fingerprint density at radius 3 is 1.55 bits per heavy atom. The zero-order valence-electron chi connectivity index (χ0n) is 47.0. The van der Waals surface area contributed by atoms with E-state index in [1.165, 1.54) is 4.57 Å². The van der Waals surface area contributed by atoms with Crippen molar-refractivity contribution >= 4 is 75.1 Å². The first-order chi connectivity index (χ1) is 34.1.